The van der Waals surface area contributed by atoms with Gasteiger partial charge in [-0.3, -0.25) is 4.79 Å². The molecule has 0 aliphatic carbocycles. The minimum absolute atomic E-state index is 0.194. The fourth-order valence-electron chi connectivity index (χ4n) is 4.08. The number of nitrogens with zero attached hydrogens (tertiary/aromatic N) is 2. The fraction of sp³-hybridized carbons (Fsp3) is 0.207. The van der Waals surface area contributed by atoms with E-state index in [0.717, 1.165) is 51.8 Å². The Balaban J connectivity index is 1.70. The number of aromatic nitrogens is 1. The van der Waals surface area contributed by atoms with Gasteiger partial charge in [0.1, 0.15) is 0 Å². The first kappa shape index (κ1) is 23.0. The largest absolute Gasteiger partial charge is 0.309 e. The number of Topliss-reactive ketones (excluding diaryl/α,β-unsaturated/α-hetero) is 1. The molecule has 0 spiro atoms. The maximum atomic E-state index is 12.6. The second-order valence-corrected chi connectivity index (χ2v) is 9.13. The van der Waals surface area contributed by atoms with Gasteiger partial charge in [-0.25, -0.2) is 0 Å². The molecule has 0 N–H and O–H groups in total. The number of rotatable bonds is 8. The molecule has 168 valence electrons. The summed E-state index contributed by atoms with van der Waals surface area (Å²) in [6, 6.07) is 28.7. The molecule has 4 aromatic rings. The third kappa shape index (κ3) is 5.44. The third-order valence-corrected chi connectivity index (χ3v) is 6.04. The van der Waals surface area contributed by atoms with Crippen LogP contribution in [0, 0.1) is 6.92 Å². The van der Waals surface area contributed by atoms with E-state index >= 15 is 0 Å². The first-order chi connectivity index (χ1) is 15.9. The minimum Gasteiger partial charge on any atom is -0.309 e. The van der Waals surface area contributed by atoms with Crippen LogP contribution in [-0.4, -0.2) is 35.9 Å². The molecule has 1 aromatic heterocycles. The lowest BCUT2D eigenvalue weighted by atomic mass is 10.0. The van der Waals surface area contributed by atoms with Gasteiger partial charge in [0.25, 0.3) is 0 Å². The van der Waals surface area contributed by atoms with E-state index in [-0.39, 0.29) is 5.78 Å². The number of hydrogen-bond acceptors (Lipinski definition) is 2. The van der Waals surface area contributed by atoms with Crippen LogP contribution in [0.25, 0.3) is 28.2 Å². The number of halogens is 1. The summed E-state index contributed by atoms with van der Waals surface area (Å²) in [6.45, 7) is 3.02. The summed E-state index contributed by atoms with van der Waals surface area (Å²) >= 11 is 6.13. The Hall–Kier alpha value is -3.14. The molecular formula is C29H29ClN2O. The molecule has 4 heteroatoms. The Morgan fingerprint density at radius 1 is 0.848 bits per heavy atom. The van der Waals surface area contributed by atoms with E-state index in [1.807, 2.05) is 62.6 Å². The highest BCUT2D eigenvalue weighted by Gasteiger charge is 2.15. The van der Waals surface area contributed by atoms with Gasteiger partial charge in [0, 0.05) is 22.7 Å². The molecule has 0 amide bonds. The summed E-state index contributed by atoms with van der Waals surface area (Å²) in [4.78, 5) is 14.7. The second-order valence-electron chi connectivity index (χ2n) is 8.69. The summed E-state index contributed by atoms with van der Waals surface area (Å²) in [6.07, 6.45) is 1.44. The molecule has 0 aliphatic heterocycles. The van der Waals surface area contributed by atoms with Gasteiger partial charge in [-0.2, -0.15) is 0 Å². The van der Waals surface area contributed by atoms with Gasteiger partial charge < -0.3 is 9.47 Å². The molecule has 0 saturated carbocycles. The lowest BCUT2D eigenvalue weighted by Gasteiger charge is -2.15. The molecule has 33 heavy (non-hydrogen) atoms. The molecule has 3 nitrogen and oxygen atoms in total. The van der Waals surface area contributed by atoms with Crippen LogP contribution >= 0.6 is 11.6 Å². The zero-order valence-corrected chi connectivity index (χ0v) is 20.1. The molecule has 0 unspecified atom stereocenters. The number of aryl methyl sites for hydroxylation is 1. The Morgan fingerprint density at radius 2 is 1.45 bits per heavy atom. The molecule has 0 bridgehead atoms. The van der Waals surface area contributed by atoms with Gasteiger partial charge in [-0.05, 0) is 87.1 Å². The van der Waals surface area contributed by atoms with Crippen LogP contribution in [0.1, 0.15) is 28.8 Å². The zero-order chi connectivity index (χ0) is 23.4. The van der Waals surface area contributed by atoms with Gasteiger partial charge in [-0.1, -0.05) is 60.1 Å². The number of benzene rings is 3. The van der Waals surface area contributed by atoms with Crippen molar-refractivity contribution in [1.29, 1.82) is 0 Å². The second kappa shape index (κ2) is 10.2. The SMILES string of the molecule is Cc1cccc(-n2c(-c3ccc(Cl)cc3)ccc2-c2ccc(C(=O)CCCN(C)C)cc2)c1. The lowest BCUT2D eigenvalue weighted by molar-refractivity contribution is 0.0977. The maximum absolute atomic E-state index is 12.6. The summed E-state index contributed by atoms with van der Waals surface area (Å²) in [5, 5.41) is 0.721. The quantitative estimate of drug-likeness (QED) is 0.260. The van der Waals surface area contributed by atoms with Crippen molar-refractivity contribution in [3.63, 3.8) is 0 Å². The van der Waals surface area contributed by atoms with Crippen LogP contribution in [0.4, 0.5) is 0 Å². The molecule has 0 aliphatic rings. The maximum Gasteiger partial charge on any atom is 0.162 e. The van der Waals surface area contributed by atoms with Crippen molar-refractivity contribution < 1.29 is 4.79 Å². The predicted molar refractivity (Wildman–Crippen MR) is 139 cm³/mol. The van der Waals surface area contributed by atoms with Gasteiger partial charge in [0.15, 0.2) is 5.78 Å². The highest BCUT2D eigenvalue weighted by Crippen LogP contribution is 2.33. The molecule has 0 atom stereocenters. The van der Waals surface area contributed by atoms with Crippen LogP contribution in [0.15, 0.2) is 84.9 Å². The van der Waals surface area contributed by atoms with Gasteiger partial charge in [0.05, 0.1) is 11.4 Å². The van der Waals surface area contributed by atoms with E-state index in [0.29, 0.717) is 6.42 Å². The van der Waals surface area contributed by atoms with Crippen molar-refractivity contribution in [2.24, 2.45) is 0 Å². The van der Waals surface area contributed by atoms with Gasteiger partial charge in [-0.15, -0.1) is 0 Å². The Kier molecular flexibility index (Phi) is 7.12. The molecule has 4 rings (SSSR count). The average molecular weight is 457 g/mol. The van der Waals surface area contributed by atoms with Crippen molar-refractivity contribution >= 4 is 17.4 Å². The topological polar surface area (TPSA) is 25.2 Å². The molecule has 0 fully saturated rings. The fourth-order valence-corrected chi connectivity index (χ4v) is 4.21. The molecule has 0 saturated heterocycles. The summed E-state index contributed by atoms with van der Waals surface area (Å²) in [7, 11) is 4.06. The zero-order valence-electron chi connectivity index (χ0n) is 19.4. The van der Waals surface area contributed by atoms with E-state index in [2.05, 4.69) is 52.8 Å². The average Bonchev–Trinajstić information content (AvgIpc) is 3.24. The smallest absolute Gasteiger partial charge is 0.162 e. The Labute approximate surface area is 201 Å². The van der Waals surface area contributed by atoms with Crippen molar-refractivity contribution in [2.45, 2.75) is 19.8 Å². The first-order valence-corrected chi connectivity index (χ1v) is 11.6. The highest BCUT2D eigenvalue weighted by molar-refractivity contribution is 6.30. The standard InChI is InChI=1S/C29H29ClN2O/c1-21-6-4-7-26(20-21)32-27(17-18-28(32)23-13-15-25(30)16-14-23)22-9-11-24(12-10-22)29(33)8-5-19-31(2)3/h4,6-7,9-18,20H,5,8,19H2,1-3H3. The van der Waals surface area contributed by atoms with Gasteiger partial charge in [0.2, 0.25) is 0 Å². The monoisotopic (exact) mass is 456 g/mol. The number of carbonyl (C=O) groups excluding carboxylic acids is 1. The third-order valence-electron chi connectivity index (χ3n) is 5.79. The van der Waals surface area contributed by atoms with Crippen LogP contribution < -0.4 is 0 Å². The van der Waals surface area contributed by atoms with Crippen LogP contribution in [-0.2, 0) is 0 Å². The number of ketones is 1. The predicted octanol–water partition coefficient (Wildman–Crippen LogP) is 7.30. The number of hydrogen-bond donors (Lipinski definition) is 0. The van der Waals surface area contributed by atoms with E-state index in [1.54, 1.807) is 0 Å². The van der Waals surface area contributed by atoms with E-state index in [4.69, 9.17) is 11.6 Å². The van der Waals surface area contributed by atoms with Gasteiger partial charge >= 0.3 is 0 Å². The van der Waals surface area contributed by atoms with Crippen molar-refractivity contribution in [2.75, 3.05) is 20.6 Å². The normalized spacial score (nSPS) is 11.2. The van der Waals surface area contributed by atoms with Crippen molar-refractivity contribution in [3.8, 4) is 28.2 Å². The van der Waals surface area contributed by atoms with Crippen LogP contribution in [0.3, 0.4) is 0 Å². The molecular weight excluding hydrogens is 428 g/mol. The van der Waals surface area contributed by atoms with Crippen molar-refractivity contribution in [3.05, 3.63) is 101 Å². The highest BCUT2D eigenvalue weighted by atomic mass is 35.5. The molecule has 3 aromatic carbocycles. The van der Waals surface area contributed by atoms with Crippen LogP contribution in [0.5, 0.6) is 0 Å². The Morgan fingerprint density at radius 3 is 2.03 bits per heavy atom. The minimum atomic E-state index is 0.194. The van der Waals surface area contributed by atoms with Crippen LogP contribution in [0.2, 0.25) is 5.02 Å². The van der Waals surface area contributed by atoms with E-state index in [9.17, 15) is 4.79 Å². The summed E-state index contributed by atoms with van der Waals surface area (Å²) in [5.41, 5.74) is 7.41. The summed E-state index contributed by atoms with van der Waals surface area (Å²) in [5.74, 6) is 0.194. The number of carbonyl (C=O) groups is 1. The van der Waals surface area contributed by atoms with E-state index in [1.165, 1.54) is 5.56 Å². The summed E-state index contributed by atoms with van der Waals surface area (Å²) < 4.78 is 2.27. The lowest BCUT2D eigenvalue weighted by Crippen LogP contribution is -2.14. The van der Waals surface area contributed by atoms with Crippen molar-refractivity contribution in [1.82, 2.24) is 9.47 Å². The first-order valence-electron chi connectivity index (χ1n) is 11.3. The van der Waals surface area contributed by atoms with E-state index < -0.39 is 0 Å². The molecule has 1 heterocycles. The Bertz CT molecular complexity index is 1240. The molecule has 0 radical (unpaired) electrons.